The highest BCUT2D eigenvalue weighted by molar-refractivity contribution is 14.0. The molecule has 2 aromatic carbocycles. The molecule has 0 saturated heterocycles. The first-order chi connectivity index (χ1) is 11.1. The highest BCUT2D eigenvalue weighted by atomic mass is 127. The van der Waals surface area contributed by atoms with Crippen molar-refractivity contribution < 1.29 is 4.74 Å². The first kappa shape index (κ1) is 20.4. The number of rotatable bonds is 6. The zero-order chi connectivity index (χ0) is 16.7. The van der Waals surface area contributed by atoms with Crippen molar-refractivity contribution >= 4 is 35.6 Å². The molecule has 1 atom stereocenters. The van der Waals surface area contributed by atoms with Gasteiger partial charge in [0.05, 0.1) is 6.54 Å². The van der Waals surface area contributed by atoms with E-state index in [1.807, 2.05) is 42.5 Å². The number of nitrogens with zero attached hydrogens (tertiary/aromatic N) is 1. The molecule has 4 nitrogen and oxygen atoms in total. The van der Waals surface area contributed by atoms with Crippen LogP contribution in [0.4, 0.5) is 5.69 Å². The van der Waals surface area contributed by atoms with Crippen LogP contribution in [0.1, 0.15) is 37.0 Å². The average molecular weight is 439 g/mol. The predicted octanol–water partition coefficient (Wildman–Crippen LogP) is 4.54. The molecule has 130 valence electrons. The number of methoxy groups -OCH3 is 1. The SMILES string of the molecule is COC(CN=C(N)Nc1cccc(C(C)C)c1)c1ccccc1.I. The highest BCUT2D eigenvalue weighted by Crippen LogP contribution is 2.19. The van der Waals surface area contributed by atoms with Gasteiger partial charge in [-0.1, -0.05) is 56.3 Å². The third-order valence-corrected chi connectivity index (χ3v) is 3.71. The summed E-state index contributed by atoms with van der Waals surface area (Å²) < 4.78 is 5.50. The Kier molecular flexibility index (Phi) is 8.78. The molecule has 0 heterocycles. The molecule has 2 aromatic rings. The van der Waals surface area contributed by atoms with Crippen LogP contribution in [0.25, 0.3) is 0 Å². The van der Waals surface area contributed by atoms with Gasteiger partial charge in [-0.05, 0) is 29.2 Å². The minimum atomic E-state index is -0.0986. The van der Waals surface area contributed by atoms with Gasteiger partial charge in [-0.25, -0.2) is 0 Å². The monoisotopic (exact) mass is 439 g/mol. The lowest BCUT2D eigenvalue weighted by Crippen LogP contribution is -2.24. The zero-order valence-corrected chi connectivity index (χ0v) is 16.7. The van der Waals surface area contributed by atoms with Gasteiger partial charge in [0, 0.05) is 12.8 Å². The van der Waals surface area contributed by atoms with Crippen LogP contribution in [-0.4, -0.2) is 19.6 Å². The highest BCUT2D eigenvalue weighted by Gasteiger charge is 2.09. The molecular weight excluding hydrogens is 413 g/mol. The molecule has 0 spiro atoms. The summed E-state index contributed by atoms with van der Waals surface area (Å²) in [6, 6.07) is 18.2. The Hall–Kier alpha value is -1.60. The zero-order valence-electron chi connectivity index (χ0n) is 14.4. The van der Waals surface area contributed by atoms with Crippen LogP contribution < -0.4 is 11.1 Å². The molecule has 0 aliphatic heterocycles. The van der Waals surface area contributed by atoms with Gasteiger partial charge in [0.15, 0.2) is 5.96 Å². The summed E-state index contributed by atoms with van der Waals surface area (Å²) in [5, 5.41) is 3.14. The molecule has 0 aliphatic rings. The van der Waals surface area contributed by atoms with Gasteiger partial charge in [0.1, 0.15) is 6.10 Å². The predicted molar refractivity (Wildman–Crippen MR) is 112 cm³/mol. The van der Waals surface area contributed by atoms with Crippen molar-refractivity contribution in [1.29, 1.82) is 0 Å². The van der Waals surface area contributed by atoms with Gasteiger partial charge in [-0.3, -0.25) is 4.99 Å². The van der Waals surface area contributed by atoms with Crippen LogP contribution in [0.5, 0.6) is 0 Å². The summed E-state index contributed by atoms with van der Waals surface area (Å²) in [5.41, 5.74) is 9.30. The third kappa shape index (κ3) is 6.13. The number of ether oxygens (including phenoxy) is 1. The largest absolute Gasteiger partial charge is 0.375 e. The Morgan fingerprint density at radius 3 is 2.38 bits per heavy atom. The fourth-order valence-corrected chi connectivity index (χ4v) is 2.33. The number of nitrogens with one attached hydrogen (secondary N) is 1. The van der Waals surface area contributed by atoms with Crippen LogP contribution in [-0.2, 0) is 4.74 Å². The summed E-state index contributed by atoms with van der Waals surface area (Å²) in [4.78, 5) is 4.40. The van der Waals surface area contributed by atoms with E-state index in [0.29, 0.717) is 18.4 Å². The minimum absolute atomic E-state index is 0. The Morgan fingerprint density at radius 1 is 1.08 bits per heavy atom. The summed E-state index contributed by atoms with van der Waals surface area (Å²) in [7, 11) is 1.68. The van der Waals surface area contributed by atoms with Crippen LogP contribution in [0.2, 0.25) is 0 Å². The van der Waals surface area contributed by atoms with Crippen molar-refractivity contribution in [1.82, 2.24) is 0 Å². The van der Waals surface area contributed by atoms with E-state index in [-0.39, 0.29) is 30.1 Å². The quantitative estimate of drug-likeness (QED) is 0.395. The first-order valence-electron chi connectivity index (χ1n) is 7.84. The molecule has 24 heavy (non-hydrogen) atoms. The Balaban J connectivity index is 0.00000288. The Labute approximate surface area is 161 Å². The summed E-state index contributed by atoms with van der Waals surface area (Å²) in [6.07, 6.45) is -0.0986. The fourth-order valence-electron chi connectivity index (χ4n) is 2.33. The molecule has 0 bridgehead atoms. The molecule has 5 heteroatoms. The van der Waals surface area contributed by atoms with E-state index < -0.39 is 0 Å². The van der Waals surface area contributed by atoms with E-state index in [2.05, 4.69) is 36.3 Å². The molecule has 0 amide bonds. The molecule has 1 unspecified atom stereocenters. The van der Waals surface area contributed by atoms with Crippen molar-refractivity contribution in [2.75, 3.05) is 19.0 Å². The van der Waals surface area contributed by atoms with Crippen LogP contribution in [0.15, 0.2) is 59.6 Å². The summed E-state index contributed by atoms with van der Waals surface area (Å²) in [6.45, 7) is 4.81. The molecule has 0 fully saturated rings. The number of anilines is 1. The second kappa shape index (κ2) is 10.3. The van der Waals surface area contributed by atoms with Gasteiger partial charge < -0.3 is 15.8 Å². The van der Waals surface area contributed by atoms with Crippen molar-refractivity contribution in [2.45, 2.75) is 25.9 Å². The van der Waals surface area contributed by atoms with E-state index in [4.69, 9.17) is 10.5 Å². The number of hydrogen-bond donors (Lipinski definition) is 2. The van der Waals surface area contributed by atoms with Crippen molar-refractivity contribution in [3.63, 3.8) is 0 Å². The number of guanidine groups is 1. The Morgan fingerprint density at radius 2 is 1.75 bits per heavy atom. The number of nitrogens with two attached hydrogens (primary N) is 1. The van der Waals surface area contributed by atoms with E-state index in [9.17, 15) is 0 Å². The molecule has 2 rings (SSSR count). The fraction of sp³-hybridized carbons (Fsp3) is 0.316. The molecule has 0 aromatic heterocycles. The lowest BCUT2D eigenvalue weighted by Gasteiger charge is -2.14. The van der Waals surface area contributed by atoms with Gasteiger partial charge in [0.2, 0.25) is 0 Å². The van der Waals surface area contributed by atoms with Gasteiger partial charge in [-0.2, -0.15) is 0 Å². The van der Waals surface area contributed by atoms with E-state index in [0.717, 1.165) is 11.3 Å². The van der Waals surface area contributed by atoms with Crippen LogP contribution >= 0.6 is 24.0 Å². The second-order valence-electron chi connectivity index (χ2n) is 5.77. The maximum atomic E-state index is 6.00. The molecule has 0 aliphatic carbocycles. The first-order valence-corrected chi connectivity index (χ1v) is 7.84. The topological polar surface area (TPSA) is 59.6 Å². The van der Waals surface area contributed by atoms with Crippen LogP contribution in [0.3, 0.4) is 0 Å². The number of hydrogen-bond acceptors (Lipinski definition) is 2. The number of benzene rings is 2. The summed E-state index contributed by atoms with van der Waals surface area (Å²) >= 11 is 0. The standard InChI is InChI=1S/C19H25N3O.HI/c1-14(2)16-10-7-11-17(12-16)22-19(20)21-13-18(23-3)15-8-5-4-6-9-15;/h4-12,14,18H,13H2,1-3H3,(H3,20,21,22);1H. The second-order valence-corrected chi connectivity index (χ2v) is 5.77. The van der Waals surface area contributed by atoms with Crippen LogP contribution in [0, 0.1) is 0 Å². The van der Waals surface area contributed by atoms with Crippen molar-refractivity contribution in [3.8, 4) is 0 Å². The normalized spacial score (nSPS) is 12.6. The Bertz CT molecular complexity index is 644. The molecule has 0 saturated carbocycles. The smallest absolute Gasteiger partial charge is 0.193 e. The molecular formula is C19H26IN3O. The third-order valence-electron chi connectivity index (χ3n) is 3.71. The number of halogens is 1. The molecule has 0 radical (unpaired) electrons. The lowest BCUT2D eigenvalue weighted by molar-refractivity contribution is 0.111. The van der Waals surface area contributed by atoms with Gasteiger partial charge in [-0.15, -0.1) is 24.0 Å². The van der Waals surface area contributed by atoms with Crippen molar-refractivity contribution in [3.05, 3.63) is 65.7 Å². The lowest BCUT2D eigenvalue weighted by atomic mass is 10.0. The van der Waals surface area contributed by atoms with Crippen molar-refractivity contribution in [2.24, 2.45) is 10.7 Å². The minimum Gasteiger partial charge on any atom is -0.375 e. The maximum Gasteiger partial charge on any atom is 0.193 e. The van der Waals surface area contributed by atoms with Gasteiger partial charge in [0.25, 0.3) is 0 Å². The van der Waals surface area contributed by atoms with E-state index in [1.54, 1.807) is 7.11 Å². The summed E-state index contributed by atoms with van der Waals surface area (Å²) in [5.74, 6) is 0.870. The van der Waals surface area contributed by atoms with E-state index >= 15 is 0 Å². The number of aliphatic imine (C=N–C) groups is 1. The van der Waals surface area contributed by atoms with Gasteiger partial charge >= 0.3 is 0 Å². The average Bonchev–Trinajstić information content (AvgIpc) is 2.56. The van der Waals surface area contributed by atoms with E-state index in [1.165, 1.54) is 5.56 Å². The molecule has 3 N–H and O–H groups in total. The maximum absolute atomic E-state index is 6.00.